The second-order valence-electron chi connectivity index (χ2n) is 3.68. The number of H-pyrrole nitrogens is 1. The first kappa shape index (κ1) is 12.3. The Bertz CT molecular complexity index is 621. The van der Waals surface area contributed by atoms with E-state index in [1.54, 1.807) is 31.4 Å². The van der Waals surface area contributed by atoms with Crippen LogP contribution in [-0.4, -0.2) is 36.1 Å². The number of benzene rings is 1. The zero-order valence-electron chi connectivity index (χ0n) is 9.90. The van der Waals surface area contributed by atoms with Crippen molar-refractivity contribution in [3.8, 4) is 0 Å². The first-order chi connectivity index (χ1) is 8.72. The fourth-order valence-electron chi connectivity index (χ4n) is 1.63. The molecule has 1 aromatic heterocycles. The molecule has 0 radical (unpaired) electrons. The summed E-state index contributed by atoms with van der Waals surface area (Å²) in [7, 11) is 1.55. The van der Waals surface area contributed by atoms with Gasteiger partial charge in [0.2, 0.25) is 0 Å². The summed E-state index contributed by atoms with van der Waals surface area (Å²) in [5, 5.41) is 3.26. The lowest BCUT2D eigenvalue weighted by atomic mass is 10.2. The Morgan fingerprint density at radius 1 is 1.44 bits per heavy atom. The van der Waals surface area contributed by atoms with Crippen LogP contribution in [-0.2, 0) is 4.74 Å². The predicted molar refractivity (Wildman–Crippen MR) is 66.6 cm³/mol. The van der Waals surface area contributed by atoms with E-state index in [-0.39, 0.29) is 11.6 Å². The second-order valence-corrected chi connectivity index (χ2v) is 3.68. The van der Waals surface area contributed by atoms with Gasteiger partial charge < -0.3 is 15.0 Å². The van der Waals surface area contributed by atoms with Crippen LogP contribution in [0.3, 0.4) is 0 Å². The molecule has 6 heteroatoms. The molecule has 94 valence electrons. The molecular formula is C12H13N3O3. The molecule has 2 N–H and O–H groups in total. The van der Waals surface area contributed by atoms with Crippen molar-refractivity contribution in [2.24, 2.45) is 0 Å². The molecule has 2 rings (SSSR count). The Hall–Kier alpha value is -2.21. The van der Waals surface area contributed by atoms with Gasteiger partial charge in [0.05, 0.1) is 12.1 Å². The van der Waals surface area contributed by atoms with E-state index >= 15 is 0 Å². The first-order valence-corrected chi connectivity index (χ1v) is 5.48. The Labute approximate surface area is 103 Å². The number of hydrogen-bond acceptors (Lipinski definition) is 4. The van der Waals surface area contributed by atoms with E-state index < -0.39 is 5.69 Å². The molecule has 1 amide bonds. The Balaban J connectivity index is 2.37. The van der Waals surface area contributed by atoms with Crippen LogP contribution in [0.25, 0.3) is 10.9 Å². The highest BCUT2D eigenvalue weighted by Crippen LogP contribution is 2.12. The number of para-hydroxylation sites is 1. The third-order valence-electron chi connectivity index (χ3n) is 2.44. The monoisotopic (exact) mass is 247 g/mol. The molecule has 18 heavy (non-hydrogen) atoms. The predicted octanol–water partition coefficient (Wildman–Crippen LogP) is 0.299. The molecule has 0 aliphatic carbocycles. The zero-order valence-corrected chi connectivity index (χ0v) is 9.90. The van der Waals surface area contributed by atoms with Gasteiger partial charge in [-0.05, 0) is 6.07 Å². The van der Waals surface area contributed by atoms with E-state index in [1.165, 1.54) is 0 Å². The second kappa shape index (κ2) is 5.42. The van der Waals surface area contributed by atoms with Crippen LogP contribution in [0.1, 0.15) is 10.5 Å². The molecule has 2 aromatic rings. The van der Waals surface area contributed by atoms with Crippen LogP contribution in [0.5, 0.6) is 0 Å². The first-order valence-electron chi connectivity index (χ1n) is 5.48. The molecule has 0 spiro atoms. The van der Waals surface area contributed by atoms with E-state index in [9.17, 15) is 9.59 Å². The Kier molecular flexibility index (Phi) is 3.69. The minimum atomic E-state index is -0.536. The molecule has 0 aliphatic heterocycles. The normalized spacial score (nSPS) is 10.5. The Morgan fingerprint density at radius 3 is 3.00 bits per heavy atom. The number of carbonyl (C=O) groups excluding carboxylic acids is 1. The third kappa shape index (κ3) is 2.54. The number of aromatic amines is 1. The van der Waals surface area contributed by atoms with Gasteiger partial charge in [0.25, 0.3) is 5.91 Å². The molecule has 0 atom stereocenters. The van der Waals surface area contributed by atoms with Gasteiger partial charge in [-0.25, -0.2) is 4.79 Å². The number of aromatic nitrogens is 2. The molecule has 6 nitrogen and oxygen atoms in total. The number of nitrogens with zero attached hydrogens (tertiary/aromatic N) is 1. The van der Waals surface area contributed by atoms with E-state index in [1.807, 2.05) is 0 Å². The van der Waals surface area contributed by atoms with Gasteiger partial charge in [0.15, 0.2) is 0 Å². The molecule has 0 saturated heterocycles. The lowest BCUT2D eigenvalue weighted by Gasteiger charge is -2.06. The van der Waals surface area contributed by atoms with Crippen LogP contribution in [0.4, 0.5) is 0 Å². The highest BCUT2D eigenvalue weighted by Gasteiger charge is 2.12. The van der Waals surface area contributed by atoms with Crippen molar-refractivity contribution in [2.45, 2.75) is 0 Å². The number of carbonyl (C=O) groups is 1. The molecule has 0 fully saturated rings. The molecule has 0 aliphatic rings. The summed E-state index contributed by atoms with van der Waals surface area (Å²) in [6, 6.07) is 7.03. The molecule has 1 heterocycles. The van der Waals surface area contributed by atoms with Crippen LogP contribution in [0, 0.1) is 0 Å². The van der Waals surface area contributed by atoms with Gasteiger partial charge in [0.1, 0.15) is 5.69 Å². The summed E-state index contributed by atoms with van der Waals surface area (Å²) in [5.41, 5.74) is 0.186. The number of hydrogen-bond donors (Lipinski definition) is 2. The van der Waals surface area contributed by atoms with Crippen LogP contribution < -0.4 is 11.0 Å². The lowest BCUT2D eigenvalue weighted by Crippen LogP contribution is -2.30. The number of amides is 1. The minimum Gasteiger partial charge on any atom is -0.383 e. The smallest absolute Gasteiger partial charge is 0.346 e. The van der Waals surface area contributed by atoms with E-state index in [0.29, 0.717) is 24.1 Å². The van der Waals surface area contributed by atoms with Crippen molar-refractivity contribution in [2.75, 3.05) is 20.3 Å². The number of rotatable bonds is 4. The molecular weight excluding hydrogens is 234 g/mol. The van der Waals surface area contributed by atoms with Gasteiger partial charge in [-0.1, -0.05) is 18.2 Å². The van der Waals surface area contributed by atoms with Gasteiger partial charge in [-0.3, -0.25) is 4.79 Å². The Morgan fingerprint density at radius 2 is 2.22 bits per heavy atom. The SMILES string of the molecule is COCCNC(=O)c1nc(=O)[nH]c2ccccc12. The summed E-state index contributed by atoms with van der Waals surface area (Å²) in [5.74, 6) is -0.380. The van der Waals surface area contributed by atoms with Crippen molar-refractivity contribution in [3.63, 3.8) is 0 Å². The maximum absolute atomic E-state index is 11.9. The topological polar surface area (TPSA) is 84.1 Å². The molecule has 0 unspecified atom stereocenters. The maximum atomic E-state index is 11.9. The highest BCUT2D eigenvalue weighted by molar-refractivity contribution is 6.04. The number of fused-ring (bicyclic) bond motifs is 1. The van der Waals surface area contributed by atoms with Crippen LogP contribution >= 0.6 is 0 Å². The summed E-state index contributed by atoms with van der Waals surface area (Å²) in [4.78, 5) is 29.6. The quantitative estimate of drug-likeness (QED) is 0.761. The van der Waals surface area contributed by atoms with Crippen molar-refractivity contribution in [3.05, 3.63) is 40.4 Å². The van der Waals surface area contributed by atoms with Gasteiger partial charge in [-0.2, -0.15) is 4.98 Å². The van der Waals surface area contributed by atoms with Crippen LogP contribution in [0.2, 0.25) is 0 Å². The average Bonchev–Trinajstić information content (AvgIpc) is 2.38. The van der Waals surface area contributed by atoms with E-state index in [2.05, 4.69) is 15.3 Å². The minimum absolute atomic E-state index is 0.130. The largest absolute Gasteiger partial charge is 0.383 e. The van der Waals surface area contributed by atoms with Gasteiger partial charge in [0, 0.05) is 19.0 Å². The summed E-state index contributed by atoms with van der Waals surface area (Å²) < 4.78 is 4.84. The highest BCUT2D eigenvalue weighted by atomic mass is 16.5. The van der Waals surface area contributed by atoms with Gasteiger partial charge >= 0.3 is 5.69 Å². The van der Waals surface area contributed by atoms with Gasteiger partial charge in [-0.15, -0.1) is 0 Å². The maximum Gasteiger partial charge on any atom is 0.346 e. The fraction of sp³-hybridized carbons (Fsp3) is 0.250. The molecule has 1 aromatic carbocycles. The zero-order chi connectivity index (χ0) is 13.0. The standard InChI is InChI=1S/C12H13N3O3/c1-18-7-6-13-11(16)10-8-4-2-3-5-9(8)14-12(17)15-10/h2-5H,6-7H2,1H3,(H,13,16)(H,14,15,17). The summed E-state index contributed by atoms with van der Waals surface area (Å²) in [6.45, 7) is 0.783. The fourth-order valence-corrected chi connectivity index (χ4v) is 1.63. The summed E-state index contributed by atoms with van der Waals surface area (Å²) in [6.07, 6.45) is 0. The average molecular weight is 247 g/mol. The van der Waals surface area contributed by atoms with Crippen molar-refractivity contribution >= 4 is 16.8 Å². The van der Waals surface area contributed by atoms with Crippen molar-refractivity contribution in [1.82, 2.24) is 15.3 Å². The lowest BCUT2D eigenvalue weighted by molar-refractivity contribution is 0.0933. The number of nitrogens with one attached hydrogen (secondary N) is 2. The molecule has 0 bridgehead atoms. The third-order valence-corrected chi connectivity index (χ3v) is 2.44. The van der Waals surface area contributed by atoms with Crippen molar-refractivity contribution in [1.29, 1.82) is 0 Å². The number of methoxy groups -OCH3 is 1. The van der Waals surface area contributed by atoms with E-state index in [0.717, 1.165) is 0 Å². The van der Waals surface area contributed by atoms with Crippen LogP contribution in [0.15, 0.2) is 29.1 Å². The summed E-state index contributed by atoms with van der Waals surface area (Å²) >= 11 is 0. The van der Waals surface area contributed by atoms with Crippen molar-refractivity contribution < 1.29 is 9.53 Å². The van der Waals surface area contributed by atoms with E-state index in [4.69, 9.17) is 4.74 Å². The number of ether oxygens (including phenoxy) is 1. The molecule has 0 saturated carbocycles.